The zero-order chi connectivity index (χ0) is 22.0. The van der Waals surface area contributed by atoms with E-state index in [-0.39, 0.29) is 0 Å². The first kappa shape index (κ1) is 19.1. The first-order valence-electron chi connectivity index (χ1n) is 10.8. The van der Waals surface area contributed by atoms with Gasteiger partial charge < -0.3 is 15.0 Å². The summed E-state index contributed by atoms with van der Waals surface area (Å²) >= 11 is 0. The van der Waals surface area contributed by atoms with Gasteiger partial charge in [-0.25, -0.2) is 9.97 Å². The third kappa shape index (κ3) is 4.25. The molecule has 5 aromatic rings. The number of hydrogen-bond donors (Lipinski definition) is 3. The van der Waals surface area contributed by atoms with E-state index in [4.69, 9.17) is 0 Å². The first-order valence-corrected chi connectivity index (χ1v) is 10.8. The summed E-state index contributed by atoms with van der Waals surface area (Å²) in [5, 5.41) is 1.28. The Balaban J connectivity index is 0.000000192. The molecule has 0 amide bonds. The van der Waals surface area contributed by atoms with Crippen molar-refractivity contribution in [3.63, 3.8) is 0 Å². The van der Waals surface area contributed by atoms with Gasteiger partial charge >= 0.3 is 0 Å². The van der Waals surface area contributed by atoms with Crippen molar-refractivity contribution in [3.05, 3.63) is 108 Å². The van der Waals surface area contributed by atoms with Gasteiger partial charge in [-0.1, -0.05) is 18.2 Å². The lowest BCUT2D eigenvalue weighted by Crippen LogP contribution is -1.75. The smallest absolute Gasteiger partial charge is 0.0658 e. The predicted octanol–water partition coefficient (Wildman–Crippen LogP) is 6.82. The molecule has 158 valence electrons. The van der Waals surface area contributed by atoms with Crippen LogP contribution in [0.1, 0.15) is 22.8 Å². The summed E-state index contributed by atoms with van der Waals surface area (Å²) < 4.78 is 0. The van der Waals surface area contributed by atoms with Gasteiger partial charge in [-0.15, -0.1) is 0 Å². The van der Waals surface area contributed by atoms with Gasteiger partial charge in [0.25, 0.3) is 0 Å². The Morgan fingerprint density at radius 1 is 0.485 bits per heavy atom. The molecule has 2 aliphatic heterocycles. The molecule has 0 saturated heterocycles. The van der Waals surface area contributed by atoms with E-state index in [2.05, 4.69) is 67.4 Å². The van der Waals surface area contributed by atoms with Gasteiger partial charge in [-0.2, -0.15) is 0 Å². The fourth-order valence-corrected chi connectivity index (χ4v) is 3.94. The zero-order valence-electron chi connectivity index (χ0n) is 17.8. The first-order chi connectivity index (χ1) is 16.3. The Hall–Kier alpha value is -4.64. The molecular formula is C28H21N5. The molecule has 6 heterocycles. The maximum Gasteiger partial charge on any atom is 0.0658 e. The topological polar surface area (TPSA) is 73.2 Å². The van der Waals surface area contributed by atoms with Crippen LogP contribution >= 0.6 is 0 Å². The molecule has 0 aliphatic carbocycles. The molecule has 33 heavy (non-hydrogen) atoms. The fraction of sp³-hybridized carbons (Fsp3) is 0. The average molecular weight is 428 g/mol. The van der Waals surface area contributed by atoms with Crippen molar-refractivity contribution in [1.29, 1.82) is 0 Å². The van der Waals surface area contributed by atoms with Gasteiger partial charge in [0, 0.05) is 33.8 Å². The van der Waals surface area contributed by atoms with E-state index in [9.17, 15) is 0 Å². The molecule has 0 atom stereocenters. The summed E-state index contributed by atoms with van der Waals surface area (Å²) in [5.74, 6) is 0. The predicted molar refractivity (Wildman–Crippen MR) is 137 cm³/mol. The van der Waals surface area contributed by atoms with Crippen molar-refractivity contribution in [3.8, 4) is 0 Å². The molecular weight excluding hydrogens is 406 g/mol. The van der Waals surface area contributed by atoms with E-state index < -0.39 is 0 Å². The number of aromatic nitrogens is 5. The largest absolute Gasteiger partial charge is 0.361 e. The zero-order valence-corrected chi connectivity index (χ0v) is 17.8. The molecule has 2 aliphatic rings. The highest BCUT2D eigenvalue weighted by atomic mass is 14.8. The molecule has 0 fully saturated rings. The van der Waals surface area contributed by atoms with Crippen LogP contribution in [0.15, 0.2) is 85.1 Å². The molecule has 0 spiro atoms. The Morgan fingerprint density at radius 3 is 1.39 bits per heavy atom. The van der Waals surface area contributed by atoms with E-state index >= 15 is 0 Å². The Labute approximate surface area is 190 Å². The number of rotatable bonds is 0. The Kier molecular flexibility index (Phi) is 4.70. The summed E-state index contributed by atoms with van der Waals surface area (Å²) in [5.41, 5.74) is 9.07. The van der Waals surface area contributed by atoms with Crippen LogP contribution < -0.4 is 0 Å². The van der Waals surface area contributed by atoms with E-state index in [1.54, 1.807) is 0 Å². The standard InChI is InChI=1S/C20H14N4.C8H7N/c1-2-14-10-16-5-6-18(23-16)12-20-8-7-19(24-20)11-17-4-3-15(22-17)9-13(1)21-14;1-2-4-8-7(3-1)5-6-9-8/h1-12,21,24H;1-6,9H. The minimum Gasteiger partial charge on any atom is -0.361 e. The molecule has 7 rings (SSSR count). The molecule has 5 nitrogen and oxygen atoms in total. The molecule has 0 saturated carbocycles. The van der Waals surface area contributed by atoms with Crippen molar-refractivity contribution >= 4 is 57.3 Å². The van der Waals surface area contributed by atoms with Crippen molar-refractivity contribution < 1.29 is 0 Å². The molecule has 0 radical (unpaired) electrons. The molecule has 8 bridgehead atoms. The van der Waals surface area contributed by atoms with Crippen molar-refractivity contribution in [1.82, 2.24) is 24.9 Å². The number of nitrogens with one attached hydrogen (secondary N) is 3. The van der Waals surface area contributed by atoms with E-state index in [0.29, 0.717) is 0 Å². The monoisotopic (exact) mass is 427 g/mol. The summed E-state index contributed by atoms with van der Waals surface area (Å²) in [6.07, 6.45) is 10.0. The van der Waals surface area contributed by atoms with Crippen molar-refractivity contribution in [2.24, 2.45) is 0 Å². The Morgan fingerprint density at radius 2 is 0.939 bits per heavy atom. The minimum absolute atomic E-state index is 0.939. The molecule has 0 unspecified atom stereocenters. The number of H-pyrrole nitrogens is 3. The van der Waals surface area contributed by atoms with Crippen LogP contribution in [0.5, 0.6) is 0 Å². The lowest BCUT2D eigenvalue weighted by atomic mass is 10.3. The summed E-state index contributed by atoms with van der Waals surface area (Å²) in [7, 11) is 0. The number of hydrogen-bond acceptors (Lipinski definition) is 2. The summed E-state index contributed by atoms with van der Waals surface area (Å²) in [6.45, 7) is 0. The van der Waals surface area contributed by atoms with Crippen LogP contribution in [0.3, 0.4) is 0 Å². The van der Waals surface area contributed by atoms with Gasteiger partial charge in [-0.05, 0) is 90.4 Å². The van der Waals surface area contributed by atoms with Gasteiger partial charge in [-0.3, -0.25) is 0 Å². The van der Waals surface area contributed by atoms with Crippen LogP contribution in [0.4, 0.5) is 0 Å². The second-order valence-corrected chi connectivity index (χ2v) is 7.97. The average Bonchev–Trinajstić information content (AvgIpc) is 3.63. The summed E-state index contributed by atoms with van der Waals surface area (Å²) in [4.78, 5) is 19.1. The van der Waals surface area contributed by atoms with E-state index in [1.807, 2.05) is 66.9 Å². The van der Waals surface area contributed by atoms with Crippen LogP contribution in [-0.4, -0.2) is 24.9 Å². The van der Waals surface area contributed by atoms with E-state index in [0.717, 1.165) is 44.8 Å². The number of fused-ring (bicyclic) bond motifs is 9. The number of nitrogens with zero attached hydrogens (tertiary/aromatic N) is 2. The SMILES string of the molecule is C1=Cc2cc3ccc(cc4nc(cc5ccc(cc1n2)[nH]5)C=C4)[nH]3.c1ccc2[nH]ccc2c1. The van der Waals surface area contributed by atoms with Gasteiger partial charge in [0.05, 0.1) is 22.8 Å². The molecule has 3 N–H and O–H groups in total. The molecule has 5 heteroatoms. The quantitative estimate of drug-likeness (QED) is 0.248. The van der Waals surface area contributed by atoms with Crippen LogP contribution in [0.25, 0.3) is 57.3 Å². The third-order valence-corrected chi connectivity index (χ3v) is 5.50. The van der Waals surface area contributed by atoms with Crippen molar-refractivity contribution in [2.75, 3.05) is 0 Å². The highest BCUT2D eigenvalue weighted by Crippen LogP contribution is 2.17. The fourth-order valence-electron chi connectivity index (χ4n) is 3.94. The third-order valence-electron chi connectivity index (χ3n) is 5.50. The van der Waals surface area contributed by atoms with Gasteiger partial charge in [0.2, 0.25) is 0 Å². The van der Waals surface area contributed by atoms with Gasteiger partial charge in [0.1, 0.15) is 0 Å². The van der Waals surface area contributed by atoms with Crippen LogP contribution in [0, 0.1) is 0 Å². The minimum atomic E-state index is 0.939. The number of benzene rings is 1. The highest BCUT2D eigenvalue weighted by molar-refractivity contribution is 5.79. The normalized spacial score (nSPS) is 12.0. The molecule has 1 aromatic carbocycles. The highest BCUT2D eigenvalue weighted by Gasteiger charge is 2.01. The Bertz CT molecular complexity index is 1470. The van der Waals surface area contributed by atoms with E-state index in [1.165, 1.54) is 10.9 Å². The van der Waals surface area contributed by atoms with Gasteiger partial charge in [0.15, 0.2) is 0 Å². The molecule has 4 aromatic heterocycles. The van der Waals surface area contributed by atoms with Crippen LogP contribution in [-0.2, 0) is 0 Å². The lowest BCUT2D eigenvalue weighted by Gasteiger charge is -1.85. The van der Waals surface area contributed by atoms with Crippen LogP contribution in [0.2, 0.25) is 0 Å². The number of para-hydroxylation sites is 1. The maximum absolute atomic E-state index is 4.63. The second-order valence-electron chi connectivity index (χ2n) is 7.97. The summed E-state index contributed by atoms with van der Waals surface area (Å²) in [6, 6.07) is 26.6. The second kappa shape index (κ2) is 8.13. The number of aromatic amines is 3. The lowest BCUT2D eigenvalue weighted by molar-refractivity contribution is 1.31. The van der Waals surface area contributed by atoms with Crippen molar-refractivity contribution in [2.45, 2.75) is 0 Å². The maximum atomic E-state index is 4.63.